The molecule has 1 aliphatic rings. The van der Waals surface area contributed by atoms with Gasteiger partial charge in [0.25, 0.3) is 14.3 Å². The molecule has 6 atom stereocenters. The van der Waals surface area contributed by atoms with Crippen molar-refractivity contribution in [1.82, 2.24) is 62.1 Å². The van der Waals surface area contributed by atoms with Crippen LogP contribution in [0.4, 0.5) is 8.90 Å². The van der Waals surface area contributed by atoms with E-state index in [0.29, 0.717) is 5.19 Å². The predicted molar refractivity (Wildman–Crippen MR) is 364 cm³/mol. The molecule has 0 aromatic heterocycles. The third-order valence-electron chi connectivity index (χ3n) is 16.9. The Labute approximate surface area is 594 Å². The predicted octanol–water partition coefficient (Wildman–Crippen LogP) is -1.33. The van der Waals surface area contributed by atoms with Gasteiger partial charge in [0.2, 0.25) is 29.5 Å². The molecule has 37 nitrogen and oxygen atoms in total. The largest absolute Gasteiger partial charge is 0.481 e. The average molecular weight is 1490 g/mol. The van der Waals surface area contributed by atoms with Gasteiger partial charge in [-0.2, -0.15) is 0 Å². The van der Waals surface area contributed by atoms with Gasteiger partial charge in [0, 0.05) is 110 Å². The molecule has 17 N–H and O–H groups in total. The van der Waals surface area contributed by atoms with E-state index < -0.39 is 208 Å². The molecule has 578 valence electrons. The fourth-order valence-electron chi connectivity index (χ4n) is 11.6. The van der Waals surface area contributed by atoms with Gasteiger partial charge < -0.3 is 92.6 Å². The summed E-state index contributed by atoms with van der Waals surface area (Å²) in [6.07, 6.45) is -3.85. The summed E-state index contributed by atoms with van der Waals surface area (Å²) in [6.45, 7) is 8.45. The summed E-state index contributed by atoms with van der Waals surface area (Å²) >= 11 is 0. The third kappa shape index (κ3) is 33.9. The Hall–Kier alpha value is -9.47. The molecule has 0 spiro atoms. The zero-order valence-electron chi connectivity index (χ0n) is 58.8. The number of unbranched alkanes of at least 4 members (excludes halogenated alkanes) is 1. The highest BCUT2D eigenvalue weighted by Gasteiger charge is 2.56. The van der Waals surface area contributed by atoms with E-state index in [1.807, 2.05) is 10.6 Å². The van der Waals surface area contributed by atoms with E-state index in [9.17, 15) is 118 Å². The zero-order valence-corrected chi connectivity index (χ0v) is 59.8. The number of nitrogens with one attached hydrogen (secondary N) is 8. The van der Waals surface area contributed by atoms with Crippen molar-refractivity contribution >= 4 is 109 Å². The highest BCUT2D eigenvalue weighted by molar-refractivity contribution is 6.90. The molecule has 8 amide bonds. The number of hydrogen-bond acceptors (Lipinski definition) is 20. The summed E-state index contributed by atoms with van der Waals surface area (Å²) in [6, 6.07) is -4.98. The minimum Gasteiger partial charge on any atom is -0.481 e. The number of benzene rings is 1. The molecule has 0 aliphatic carbocycles. The molecule has 39 heteroatoms. The maximum atomic E-state index is 17.1. The van der Waals surface area contributed by atoms with E-state index in [1.54, 1.807) is 41.5 Å². The van der Waals surface area contributed by atoms with Crippen molar-refractivity contribution < 1.29 is 127 Å². The topological polar surface area (TPSA) is 564 Å². The van der Waals surface area contributed by atoms with Gasteiger partial charge >= 0.3 is 59.8 Å². The molecule has 1 saturated heterocycles. The number of halogens is 1. The van der Waals surface area contributed by atoms with Crippen LogP contribution in [-0.2, 0) is 67.1 Å². The van der Waals surface area contributed by atoms with Crippen molar-refractivity contribution in [2.24, 2.45) is 0 Å². The number of carboxylic acids is 9. The van der Waals surface area contributed by atoms with Crippen LogP contribution in [0.25, 0.3) is 0 Å². The highest BCUT2D eigenvalue weighted by Crippen LogP contribution is 2.51. The molecule has 1 fully saturated rings. The monoisotopic (exact) mass is 1480 g/mol. The van der Waals surface area contributed by atoms with Crippen LogP contribution >= 0.6 is 0 Å². The van der Waals surface area contributed by atoms with Crippen molar-refractivity contribution in [3.8, 4) is 0 Å². The maximum absolute atomic E-state index is 17.1. The Bertz CT molecular complexity index is 3070. The van der Waals surface area contributed by atoms with Crippen LogP contribution in [0.2, 0.25) is 10.1 Å². The number of carboxylic acid groups (broad SMARTS) is 9. The lowest BCUT2D eigenvalue weighted by molar-refractivity contribution is -0.145. The summed E-state index contributed by atoms with van der Waals surface area (Å²) < 4.78 is 17.1. The number of rotatable bonds is 44. The number of aliphatic carboxylic acids is 9. The first-order valence-corrected chi connectivity index (χ1v) is 35.4. The average Bonchev–Trinajstić information content (AvgIpc) is 0.748. The highest BCUT2D eigenvalue weighted by atomic mass is 28.4. The Morgan fingerprint density at radius 1 is 0.408 bits per heavy atom. The van der Waals surface area contributed by atoms with Crippen molar-refractivity contribution in [2.75, 3.05) is 91.6 Å². The summed E-state index contributed by atoms with van der Waals surface area (Å²) in [7, 11) is -3.77. The SMILES string of the molecule is CC(C)(C)[Si](F)(c1ccc(C(=O)NC[C@@H](NC(=O)CC[C@@H](C(=O)O)N2CCN(CC(=O)O)CCN(CC(=O)O)CCN(CC(=O)O)CC2)C(=O)N[C@H](CCCCNC(=O)CCC(=O)NCCC[C@H](NC(=O)CC[C@H](NC(=O)N[C@@H](CCCC(=O)O)C(=O)O)C(=O)O)C(=O)O)C(=O)O)cc1)C(C)(C)C. The molecule has 1 aromatic rings. The number of nitrogens with zero attached hydrogens (tertiary/aromatic N) is 4. The van der Waals surface area contributed by atoms with Crippen LogP contribution in [0, 0.1) is 0 Å². The summed E-state index contributed by atoms with van der Waals surface area (Å²) in [5.41, 5.74) is 0.0386. The van der Waals surface area contributed by atoms with Crippen molar-refractivity contribution in [3.05, 3.63) is 29.8 Å². The van der Waals surface area contributed by atoms with Crippen LogP contribution in [-0.4, -0.2) is 297 Å². The van der Waals surface area contributed by atoms with E-state index in [2.05, 4.69) is 31.9 Å². The smallest absolute Gasteiger partial charge is 0.326 e. The van der Waals surface area contributed by atoms with Crippen LogP contribution < -0.4 is 47.7 Å². The van der Waals surface area contributed by atoms with Gasteiger partial charge in [-0.15, -0.1) is 0 Å². The molecule has 1 aromatic carbocycles. The third-order valence-corrected chi connectivity index (χ3v) is 22.1. The first-order chi connectivity index (χ1) is 48.0. The lowest BCUT2D eigenvalue weighted by Crippen LogP contribution is -2.58. The zero-order chi connectivity index (χ0) is 78.0. The number of amides is 8. The summed E-state index contributed by atoms with van der Waals surface area (Å²) in [4.78, 5) is 205. The molecular formula is C64H101FN12O25Si. The molecule has 0 saturated carbocycles. The van der Waals surface area contributed by atoms with Crippen LogP contribution in [0.5, 0.6) is 0 Å². The second-order valence-electron chi connectivity index (χ2n) is 26.9. The number of hydrogen-bond donors (Lipinski definition) is 17. The Balaban J connectivity index is 2.14. The van der Waals surface area contributed by atoms with Crippen LogP contribution in [0.3, 0.4) is 0 Å². The Morgan fingerprint density at radius 3 is 1.22 bits per heavy atom. The lowest BCUT2D eigenvalue weighted by atomic mass is 10.1. The Kier molecular flexibility index (Phi) is 38.4. The number of carbonyl (C=O) groups is 16. The standard InChI is InChI=1S/C64H101FN12O25Si/c1-63(2,3)103(65,64(4,5)6)40-17-15-39(16-18-40)55(90)68-35-45(70-50(81)22-20-46(61(100)101)77-33-31-75(37-53(86)87)29-27-74(36-52(84)85)28-30-76(32-34-77)38-54(88)89)56(91)71-42(58(94)95)11-7-8-25-66-47(78)23-24-48(79)67-26-10-13-41(57(92)93)69-49(80)21-19-44(60(98)99)73-62(102)72-43(59(96)97)12-9-14-51(82)83/h15-18,41-46H,7-14,19-38H2,1-6H3,(H,66,78)(H,67,79)(H,68,90)(H,69,80)(H,70,81)(H,71,91)(H,82,83)(H,84,85)(H,86,87)(H,88,89)(H,92,93)(H,94,95)(H,96,97)(H,98,99)(H,100,101)(H2,72,73,102)/t41-,42+,43-,44-,45+,46-/m0/s1. The van der Waals surface area contributed by atoms with Gasteiger partial charge in [0.1, 0.15) is 36.3 Å². The molecule has 0 bridgehead atoms. The number of urea groups is 1. The van der Waals surface area contributed by atoms with Crippen molar-refractivity contribution in [1.29, 1.82) is 0 Å². The molecule has 1 heterocycles. The first kappa shape index (κ1) is 89.6. The first-order valence-electron chi connectivity index (χ1n) is 33.5. The van der Waals surface area contributed by atoms with E-state index in [-0.39, 0.29) is 129 Å². The van der Waals surface area contributed by atoms with E-state index in [0.717, 1.165) is 0 Å². The summed E-state index contributed by atoms with van der Waals surface area (Å²) in [5, 5.41) is 105. The Morgan fingerprint density at radius 2 is 0.796 bits per heavy atom. The van der Waals surface area contributed by atoms with Crippen molar-refractivity contribution in [2.45, 2.75) is 178 Å². The normalized spacial score (nSPS) is 15.6. The van der Waals surface area contributed by atoms with Gasteiger partial charge in [-0.1, -0.05) is 53.7 Å². The van der Waals surface area contributed by atoms with Crippen LogP contribution in [0.1, 0.15) is 142 Å². The number of carbonyl (C=O) groups excluding carboxylic acids is 7. The fraction of sp³-hybridized carbons (Fsp3) is 0.656. The quantitative estimate of drug-likeness (QED) is 0.0205. The molecular weight excluding hydrogens is 1380 g/mol. The minimum absolute atomic E-state index is 0.00248. The fourth-order valence-corrected chi connectivity index (χ4v) is 16.2. The molecule has 2 rings (SSSR count). The van der Waals surface area contributed by atoms with Gasteiger partial charge in [-0.05, 0) is 85.2 Å². The van der Waals surface area contributed by atoms with Crippen LogP contribution in [0.15, 0.2) is 24.3 Å². The van der Waals surface area contributed by atoms with E-state index >= 15 is 4.11 Å². The second-order valence-corrected chi connectivity index (χ2v) is 31.8. The summed E-state index contributed by atoms with van der Waals surface area (Å²) in [5.74, 6) is -17.3. The lowest BCUT2D eigenvalue weighted by Gasteiger charge is -2.44. The molecule has 103 heavy (non-hydrogen) atoms. The van der Waals surface area contributed by atoms with E-state index in [4.69, 9.17) is 5.11 Å². The second kappa shape index (κ2) is 44.1. The van der Waals surface area contributed by atoms with Gasteiger partial charge in [-0.3, -0.25) is 72.3 Å². The molecule has 0 radical (unpaired) electrons. The van der Waals surface area contributed by atoms with Gasteiger partial charge in [-0.25, -0.2) is 24.0 Å². The maximum Gasteiger partial charge on any atom is 0.326 e. The van der Waals surface area contributed by atoms with Crippen molar-refractivity contribution in [3.63, 3.8) is 0 Å². The molecule has 1 aliphatic heterocycles. The minimum atomic E-state index is -3.77. The van der Waals surface area contributed by atoms with E-state index in [1.165, 1.54) is 43.9 Å². The molecule has 0 unspecified atom stereocenters. The van der Waals surface area contributed by atoms with Gasteiger partial charge in [0.15, 0.2) is 0 Å². The van der Waals surface area contributed by atoms with Gasteiger partial charge in [0.05, 0.1) is 19.6 Å².